The third-order valence-corrected chi connectivity index (χ3v) is 8.98. The highest BCUT2D eigenvalue weighted by Gasteiger charge is 2.62. The Morgan fingerprint density at radius 3 is 2.63 bits per heavy atom. The average molecular weight is 591 g/mol. The number of benzene rings is 2. The fourth-order valence-corrected chi connectivity index (χ4v) is 6.87. The minimum absolute atomic E-state index is 0.00518. The lowest BCUT2D eigenvalue weighted by Crippen LogP contribution is -2.72. The van der Waals surface area contributed by atoms with Crippen molar-refractivity contribution in [2.24, 2.45) is 0 Å². The van der Waals surface area contributed by atoms with E-state index in [2.05, 4.69) is 10.3 Å². The monoisotopic (exact) mass is 590 g/mol. The zero-order valence-corrected chi connectivity index (χ0v) is 23.1. The Labute approximate surface area is 244 Å². The molecule has 0 saturated carbocycles. The predicted molar refractivity (Wildman–Crippen MR) is 150 cm³/mol. The van der Waals surface area contributed by atoms with Gasteiger partial charge in [0.25, 0.3) is 0 Å². The second-order valence-electron chi connectivity index (χ2n) is 11.7. The molecule has 5 bridgehead atoms. The van der Waals surface area contributed by atoms with E-state index in [0.29, 0.717) is 27.7 Å². The zero-order chi connectivity index (χ0) is 30.4. The molecule has 12 nitrogen and oxygen atoms in total. The Bertz CT molecular complexity index is 1750. The quantitative estimate of drug-likeness (QED) is 0.153. The molecule has 0 radical (unpaired) electrons. The van der Waals surface area contributed by atoms with Gasteiger partial charge >= 0.3 is 0 Å². The lowest BCUT2D eigenvalue weighted by atomic mass is 9.76. The molecule has 6 atom stereocenters. The SMILES string of the molecule is Cc1cc(O)c2c(c1)C(=O)c1c(c3c4c5c(nccc15)NC[C@@H](O)C/C=C/[C@]1(CO)O[C@@](CC4)(O3)[C@H](O)[C@@H](O)[C@@H]1O)C2=O. The van der Waals surface area contributed by atoms with Crippen molar-refractivity contribution in [2.75, 3.05) is 18.5 Å². The van der Waals surface area contributed by atoms with Gasteiger partial charge in [-0.25, -0.2) is 4.98 Å². The van der Waals surface area contributed by atoms with Crippen LogP contribution in [-0.2, 0) is 11.2 Å². The van der Waals surface area contributed by atoms with E-state index in [1.54, 1.807) is 13.0 Å². The average Bonchev–Trinajstić information content (AvgIpc) is 2.98. The first-order valence-electron chi connectivity index (χ1n) is 14.1. The van der Waals surface area contributed by atoms with Gasteiger partial charge in [-0.15, -0.1) is 0 Å². The summed E-state index contributed by atoms with van der Waals surface area (Å²) < 4.78 is 12.7. The number of phenols is 1. The Morgan fingerprint density at radius 2 is 1.86 bits per heavy atom. The second kappa shape index (κ2) is 9.55. The molecule has 1 saturated heterocycles. The molecule has 2 aromatic carbocycles. The van der Waals surface area contributed by atoms with Crippen LogP contribution in [0, 0.1) is 6.92 Å². The molecule has 1 aromatic heterocycles. The topological polar surface area (TPSA) is 199 Å². The Kier molecular flexibility index (Phi) is 6.19. The minimum atomic E-state index is -2.07. The lowest BCUT2D eigenvalue weighted by molar-refractivity contribution is -0.364. The van der Waals surface area contributed by atoms with E-state index in [4.69, 9.17) is 9.47 Å². The smallest absolute Gasteiger partial charge is 0.240 e. The van der Waals surface area contributed by atoms with Crippen LogP contribution in [0.25, 0.3) is 10.8 Å². The number of hydrogen-bond acceptors (Lipinski definition) is 12. The summed E-state index contributed by atoms with van der Waals surface area (Å²) in [6, 6.07) is 4.53. The number of carbonyl (C=O) groups is 2. The summed E-state index contributed by atoms with van der Waals surface area (Å²) in [5, 5.41) is 69.2. The molecule has 5 aliphatic rings. The van der Waals surface area contributed by atoms with E-state index in [1.165, 1.54) is 30.5 Å². The second-order valence-corrected chi connectivity index (χ2v) is 11.7. The molecular formula is C31H30N2O10. The highest BCUT2D eigenvalue weighted by molar-refractivity contribution is 6.34. The number of anilines is 1. The summed E-state index contributed by atoms with van der Waals surface area (Å²) in [5.41, 5.74) is -1.22. The Hall–Kier alpha value is -3.91. The summed E-state index contributed by atoms with van der Waals surface area (Å²) in [5.74, 6) is -3.43. The highest BCUT2D eigenvalue weighted by Crippen LogP contribution is 2.52. The maximum Gasteiger partial charge on any atom is 0.240 e. The molecule has 4 aliphatic heterocycles. The maximum absolute atomic E-state index is 14.2. The number of phenolic OH excluding ortho intramolecular Hbond substituents is 1. The number of ether oxygens (including phenoxy) is 2. The van der Waals surface area contributed by atoms with Crippen LogP contribution in [0.5, 0.6) is 11.5 Å². The Morgan fingerprint density at radius 1 is 1.07 bits per heavy atom. The fourth-order valence-electron chi connectivity index (χ4n) is 6.87. The molecule has 5 heterocycles. The fraction of sp³-hybridized carbons (Fsp3) is 0.387. The number of carbonyl (C=O) groups excluding carboxylic acids is 2. The van der Waals surface area contributed by atoms with Crippen molar-refractivity contribution < 1.29 is 49.7 Å². The molecule has 43 heavy (non-hydrogen) atoms. The number of pyridine rings is 1. The molecule has 224 valence electrons. The number of nitrogens with one attached hydrogen (secondary N) is 1. The third kappa shape index (κ3) is 3.81. The van der Waals surface area contributed by atoms with Gasteiger partial charge in [0.1, 0.15) is 41.2 Å². The summed E-state index contributed by atoms with van der Waals surface area (Å²) in [6.07, 6.45) is -2.02. The summed E-state index contributed by atoms with van der Waals surface area (Å²) >= 11 is 0. The van der Waals surface area contributed by atoms with Crippen molar-refractivity contribution in [1.82, 2.24) is 4.98 Å². The van der Waals surface area contributed by atoms with Crippen LogP contribution >= 0.6 is 0 Å². The highest BCUT2D eigenvalue weighted by atomic mass is 16.7. The van der Waals surface area contributed by atoms with Gasteiger partial charge in [0.15, 0.2) is 5.78 Å². The number of ketones is 2. The predicted octanol–water partition coefficient (Wildman–Crippen LogP) is 0.622. The molecule has 1 spiro atoms. The van der Waals surface area contributed by atoms with Crippen LogP contribution in [0.2, 0.25) is 0 Å². The number of rotatable bonds is 1. The van der Waals surface area contributed by atoms with Crippen LogP contribution in [-0.4, -0.2) is 96.1 Å². The van der Waals surface area contributed by atoms with Crippen LogP contribution in [0.15, 0.2) is 36.5 Å². The van der Waals surface area contributed by atoms with Crippen molar-refractivity contribution in [1.29, 1.82) is 0 Å². The Balaban J connectivity index is 1.56. The van der Waals surface area contributed by atoms with Crippen molar-refractivity contribution in [3.05, 3.63) is 69.9 Å². The largest absolute Gasteiger partial charge is 0.507 e. The van der Waals surface area contributed by atoms with E-state index >= 15 is 0 Å². The number of aromatic nitrogens is 1. The van der Waals surface area contributed by atoms with Gasteiger partial charge in [0.05, 0.1) is 23.8 Å². The molecular weight excluding hydrogens is 560 g/mol. The maximum atomic E-state index is 14.2. The zero-order valence-electron chi connectivity index (χ0n) is 23.1. The van der Waals surface area contributed by atoms with Gasteiger partial charge in [-0.2, -0.15) is 0 Å². The van der Waals surface area contributed by atoms with E-state index in [0.717, 1.165) is 0 Å². The number of aliphatic hydroxyl groups excluding tert-OH is 5. The van der Waals surface area contributed by atoms with E-state index in [-0.39, 0.29) is 59.6 Å². The van der Waals surface area contributed by atoms with Gasteiger partial charge in [0.2, 0.25) is 11.6 Å². The van der Waals surface area contributed by atoms with E-state index in [1.807, 2.05) is 0 Å². The summed E-state index contributed by atoms with van der Waals surface area (Å²) in [7, 11) is 0. The van der Waals surface area contributed by atoms with Crippen molar-refractivity contribution in [3.63, 3.8) is 0 Å². The minimum Gasteiger partial charge on any atom is -0.507 e. The van der Waals surface area contributed by atoms with Crippen LogP contribution in [0.3, 0.4) is 0 Å². The van der Waals surface area contributed by atoms with E-state index in [9.17, 15) is 40.2 Å². The van der Waals surface area contributed by atoms with Crippen molar-refractivity contribution >= 4 is 28.2 Å². The number of aliphatic hydroxyl groups is 5. The van der Waals surface area contributed by atoms with Crippen LogP contribution < -0.4 is 10.1 Å². The van der Waals surface area contributed by atoms with Gasteiger partial charge in [-0.3, -0.25) is 9.59 Å². The molecule has 0 amide bonds. The van der Waals surface area contributed by atoms with E-state index < -0.39 is 54.0 Å². The van der Waals surface area contributed by atoms with Gasteiger partial charge in [-0.1, -0.05) is 12.2 Å². The molecule has 8 rings (SSSR count). The first-order valence-corrected chi connectivity index (χ1v) is 14.1. The van der Waals surface area contributed by atoms with Gasteiger partial charge in [0, 0.05) is 41.2 Å². The van der Waals surface area contributed by atoms with Gasteiger partial charge < -0.3 is 45.4 Å². The van der Waals surface area contributed by atoms with Crippen LogP contribution in [0.4, 0.5) is 5.82 Å². The molecule has 0 unspecified atom stereocenters. The third-order valence-electron chi connectivity index (χ3n) is 8.98. The summed E-state index contributed by atoms with van der Waals surface area (Å²) in [6.45, 7) is 0.908. The number of fused-ring (bicyclic) bond motifs is 8. The number of hydrogen-bond donors (Lipinski definition) is 7. The van der Waals surface area contributed by atoms with Crippen LogP contribution in [0.1, 0.15) is 55.8 Å². The number of nitrogens with zero attached hydrogens (tertiary/aromatic N) is 1. The first kappa shape index (κ1) is 27.9. The van der Waals surface area contributed by atoms with Gasteiger partial charge in [-0.05, 0) is 48.9 Å². The first-order chi connectivity index (χ1) is 20.5. The molecule has 1 fully saturated rings. The molecule has 3 aromatic rings. The van der Waals surface area contributed by atoms with Crippen molar-refractivity contribution in [2.45, 2.75) is 62.0 Å². The normalized spacial score (nSPS) is 32.0. The summed E-state index contributed by atoms with van der Waals surface area (Å²) in [4.78, 5) is 32.9. The lowest BCUT2D eigenvalue weighted by Gasteiger charge is -2.54. The standard InChI is InChI=1S/C31H30N2O10/c1-13-9-17-20(18(36)10-13)24(38)22-21(23(17)37)15-5-8-32-29-19(15)16-4-7-31(42-26(16)22)28(41)25(39)27(40)30(12-34,43-31)6-2-3-14(35)11-33-29/h2,5-6,8-10,14,25,27-28,34-36,39-41H,3-4,7,11-12H2,1H3,(H,32,33)/b6-2+/t14-,25-,27-,28+,30+,31+/m0/s1. The molecule has 1 aliphatic carbocycles. The molecule has 12 heteroatoms. The van der Waals surface area contributed by atoms with Crippen molar-refractivity contribution in [3.8, 4) is 11.5 Å². The number of aromatic hydroxyl groups is 1. The number of aryl methyl sites for hydroxylation is 2. The molecule has 7 N–H and O–H groups in total.